The Bertz CT molecular complexity index is 306. The molecule has 0 heterocycles. The topological polar surface area (TPSA) is 34.1 Å². The van der Waals surface area contributed by atoms with Crippen LogP contribution < -0.4 is 0 Å². The van der Waals surface area contributed by atoms with Crippen LogP contribution in [0.4, 0.5) is 0 Å². The van der Waals surface area contributed by atoms with Crippen molar-refractivity contribution in [2.75, 3.05) is 0 Å². The Balaban J connectivity index is 3.15. The molecule has 0 aromatic carbocycles. The Kier molecular flexibility index (Phi) is 2.69. The van der Waals surface area contributed by atoms with Gasteiger partial charge in [-0.2, -0.15) is 0 Å². The van der Waals surface area contributed by atoms with Crippen LogP contribution in [0.2, 0.25) is 0 Å². The first-order valence-electron chi connectivity index (χ1n) is 4.04. The van der Waals surface area contributed by atoms with E-state index in [0.717, 1.165) is 5.57 Å². The Morgan fingerprint density at radius 3 is 2.25 bits per heavy atom. The average Bonchev–Trinajstić information content (AvgIpc) is 2.30. The third-order valence-corrected chi connectivity index (χ3v) is 3.49. The van der Waals surface area contributed by atoms with Crippen molar-refractivity contribution in [3.05, 3.63) is 21.6 Å². The van der Waals surface area contributed by atoms with Crippen LogP contribution in [0.3, 0.4) is 0 Å². The zero-order chi connectivity index (χ0) is 9.35. The number of allylic oxidation sites excluding steroid dienone is 4. The fraction of sp³-hybridized carbons (Fsp3) is 0.556. The summed E-state index contributed by atoms with van der Waals surface area (Å²) in [6.45, 7) is 6.12. The summed E-state index contributed by atoms with van der Waals surface area (Å²) < 4.78 is 22.5. The summed E-state index contributed by atoms with van der Waals surface area (Å²) in [4.78, 5) is 0. The van der Waals surface area contributed by atoms with E-state index in [9.17, 15) is 6.65 Å². The van der Waals surface area contributed by atoms with E-state index in [-0.39, 0.29) is 5.41 Å². The van der Waals surface area contributed by atoms with Crippen LogP contribution in [0.1, 0.15) is 27.2 Å². The predicted octanol–water partition coefficient (Wildman–Crippen LogP) is 2.56. The number of hydrogen-bond donors (Lipinski definition) is 0. The molecule has 2 nitrogen and oxygen atoms in total. The first-order valence-corrected chi connectivity index (χ1v) is 6.10. The van der Waals surface area contributed by atoms with Crippen LogP contribution in [0.25, 0.3) is 0 Å². The normalized spacial score (nSPS) is 17.2. The molecule has 0 spiro atoms. The number of rotatable bonds is 1. The second-order valence-electron chi connectivity index (χ2n) is 4.04. The van der Waals surface area contributed by atoms with E-state index in [0.29, 0.717) is 10.3 Å². The van der Waals surface area contributed by atoms with Gasteiger partial charge in [-0.05, 0) is 0 Å². The minimum absolute atomic E-state index is 0.0323. The Labute approximate surface area is 78.8 Å². The molecule has 1 rings (SSSR count). The standard InChI is InChI=1S/C9H13.2O.Ti/c1-9(2,3)8-6-4-5-7-8;;;/h4,6H,5H2,1-3H3;;;. The average molecular weight is 201 g/mol. The van der Waals surface area contributed by atoms with Crippen molar-refractivity contribution >= 4 is 0 Å². The Morgan fingerprint density at radius 1 is 1.33 bits per heavy atom. The predicted molar refractivity (Wildman–Crippen MR) is 41.6 cm³/mol. The van der Waals surface area contributed by atoms with E-state index in [1.165, 1.54) is 0 Å². The third kappa shape index (κ3) is 1.93. The van der Waals surface area contributed by atoms with Gasteiger partial charge in [-0.1, -0.05) is 0 Å². The van der Waals surface area contributed by atoms with Crippen molar-refractivity contribution in [1.29, 1.82) is 0 Å². The Morgan fingerprint density at radius 2 is 1.92 bits per heavy atom. The SMILES string of the molecule is CC(C)(C)C1=[C]([Ti](=[O])=[O])CC=C1. The molecular formula is C9H13O2Ti. The first-order chi connectivity index (χ1) is 5.43. The molecule has 0 atom stereocenters. The van der Waals surface area contributed by atoms with Crippen LogP contribution in [0.15, 0.2) is 21.6 Å². The molecule has 0 aliphatic heterocycles. The van der Waals surface area contributed by atoms with Gasteiger partial charge in [0, 0.05) is 0 Å². The zero-order valence-electron chi connectivity index (χ0n) is 7.68. The molecule has 0 saturated heterocycles. The van der Waals surface area contributed by atoms with Gasteiger partial charge < -0.3 is 0 Å². The third-order valence-electron chi connectivity index (χ3n) is 1.99. The molecule has 12 heavy (non-hydrogen) atoms. The minimum atomic E-state index is -3.32. The molecule has 65 valence electrons. The molecule has 1 aliphatic rings. The summed E-state index contributed by atoms with van der Waals surface area (Å²) in [6.07, 6.45) is 4.49. The molecular weight excluding hydrogens is 188 g/mol. The maximum absolute atomic E-state index is 10.9. The maximum atomic E-state index is 10.9. The summed E-state index contributed by atoms with van der Waals surface area (Å²) in [5.74, 6) is 0. The first kappa shape index (κ1) is 9.88. The summed E-state index contributed by atoms with van der Waals surface area (Å²) in [6, 6.07) is 0. The quantitative estimate of drug-likeness (QED) is 0.611. The summed E-state index contributed by atoms with van der Waals surface area (Å²) in [5, 5.41) is 0. The van der Waals surface area contributed by atoms with Crippen LogP contribution in [0.5, 0.6) is 0 Å². The van der Waals surface area contributed by atoms with Gasteiger partial charge in [0.2, 0.25) is 0 Å². The Hall–Kier alpha value is -0.206. The van der Waals surface area contributed by atoms with Gasteiger partial charge in [0.25, 0.3) is 0 Å². The van der Waals surface area contributed by atoms with E-state index < -0.39 is 17.8 Å². The van der Waals surface area contributed by atoms with Crippen LogP contribution in [-0.4, -0.2) is 0 Å². The van der Waals surface area contributed by atoms with Crippen molar-refractivity contribution in [2.24, 2.45) is 5.41 Å². The van der Waals surface area contributed by atoms with Crippen LogP contribution in [0, 0.1) is 5.41 Å². The van der Waals surface area contributed by atoms with Gasteiger partial charge in [-0.25, -0.2) is 0 Å². The molecule has 0 radical (unpaired) electrons. The molecule has 0 aromatic heterocycles. The number of hydrogen-bond acceptors (Lipinski definition) is 2. The van der Waals surface area contributed by atoms with Crippen molar-refractivity contribution in [3.63, 3.8) is 0 Å². The van der Waals surface area contributed by atoms with Crippen molar-refractivity contribution in [1.82, 2.24) is 0 Å². The zero-order valence-corrected chi connectivity index (χ0v) is 9.24. The van der Waals surface area contributed by atoms with Gasteiger partial charge in [0.05, 0.1) is 0 Å². The summed E-state index contributed by atoms with van der Waals surface area (Å²) >= 11 is -3.32. The molecule has 1 aliphatic carbocycles. The molecule has 0 saturated carbocycles. The summed E-state index contributed by atoms with van der Waals surface area (Å²) in [7, 11) is 0. The van der Waals surface area contributed by atoms with Gasteiger partial charge in [-0.3, -0.25) is 0 Å². The van der Waals surface area contributed by atoms with Gasteiger partial charge in [0.15, 0.2) is 0 Å². The van der Waals surface area contributed by atoms with Gasteiger partial charge in [0.1, 0.15) is 0 Å². The fourth-order valence-corrected chi connectivity index (χ4v) is 2.90. The van der Waals surface area contributed by atoms with E-state index in [1.807, 2.05) is 32.9 Å². The van der Waals surface area contributed by atoms with E-state index in [2.05, 4.69) is 0 Å². The van der Waals surface area contributed by atoms with E-state index in [1.54, 1.807) is 0 Å². The summed E-state index contributed by atoms with van der Waals surface area (Å²) in [5.41, 5.74) is 0.970. The van der Waals surface area contributed by atoms with Crippen LogP contribution in [-0.2, 0) is 24.5 Å². The second-order valence-corrected chi connectivity index (χ2v) is 5.88. The molecule has 0 aromatic rings. The van der Waals surface area contributed by atoms with Gasteiger partial charge >= 0.3 is 78.7 Å². The molecule has 0 bridgehead atoms. The van der Waals surface area contributed by atoms with Crippen molar-refractivity contribution in [2.45, 2.75) is 27.2 Å². The molecule has 0 amide bonds. The second kappa shape index (κ2) is 3.27. The molecule has 0 N–H and O–H groups in total. The molecule has 3 heteroatoms. The van der Waals surface area contributed by atoms with E-state index >= 15 is 0 Å². The molecule has 0 unspecified atom stereocenters. The van der Waals surface area contributed by atoms with Crippen LogP contribution >= 0.6 is 0 Å². The molecule has 0 fully saturated rings. The van der Waals surface area contributed by atoms with Crippen molar-refractivity contribution in [3.8, 4) is 0 Å². The van der Waals surface area contributed by atoms with E-state index in [4.69, 9.17) is 0 Å². The van der Waals surface area contributed by atoms with Gasteiger partial charge in [-0.15, -0.1) is 0 Å². The fourth-order valence-electron chi connectivity index (χ4n) is 1.40. The monoisotopic (exact) mass is 201 g/mol. The van der Waals surface area contributed by atoms with Crippen molar-refractivity contribution < 1.29 is 24.5 Å².